The van der Waals surface area contributed by atoms with Crippen LogP contribution in [0.3, 0.4) is 0 Å². The highest BCUT2D eigenvalue weighted by Gasteiger charge is 1.96. The highest BCUT2D eigenvalue weighted by molar-refractivity contribution is 5.53. The average Bonchev–Trinajstić information content (AvgIpc) is 2.36. The Hall–Kier alpha value is -1.12. The normalized spacial score (nSPS) is 9.70. The zero-order valence-electron chi connectivity index (χ0n) is 5.95. The van der Waals surface area contributed by atoms with Gasteiger partial charge in [-0.05, 0) is 6.92 Å². The van der Waals surface area contributed by atoms with Gasteiger partial charge in [0.15, 0.2) is 0 Å². The van der Waals surface area contributed by atoms with E-state index in [0.717, 1.165) is 18.5 Å². The molecule has 0 aliphatic carbocycles. The number of rotatable bonds is 3. The second kappa shape index (κ2) is 3.15. The van der Waals surface area contributed by atoms with Crippen LogP contribution in [0, 0.1) is 0 Å². The van der Waals surface area contributed by atoms with Gasteiger partial charge in [0.1, 0.15) is 6.29 Å². The van der Waals surface area contributed by atoms with Gasteiger partial charge in [-0.25, -0.2) is 4.98 Å². The number of nitrogens with zero attached hydrogens (tertiary/aromatic N) is 2. The van der Waals surface area contributed by atoms with E-state index in [2.05, 4.69) is 4.98 Å². The summed E-state index contributed by atoms with van der Waals surface area (Å²) in [6, 6.07) is 0. The molecule has 10 heavy (non-hydrogen) atoms. The van der Waals surface area contributed by atoms with Crippen LogP contribution in [0.4, 0.5) is 0 Å². The monoisotopic (exact) mass is 138 g/mol. The number of aryl methyl sites for hydroxylation is 1. The molecule has 0 aliphatic rings. The molecule has 0 aliphatic heterocycles. The lowest BCUT2D eigenvalue weighted by atomic mass is 10.3. The molecule has 0 saturated carbocycles. The van der Waals surface area contributed by atoms with Crippen molar-refractivity contribution >= 4 is 6.29 Å². The number of carbonyl (C=O) groups excluding carboxylic acids is 1. The van der Waals surface area contributed by atoms with Gasteiger partial charge in [0.2, 0.25) is 0 Å². The molecule has 0 amide bonds. The summed E-state index contributed by atoms with van der Waals surface area (Å²) in [5.41, 5.74) is 0.984. The molecule has 1 rings (SSSR count). The fraction of sp³-hybridized carbons (Fsp3) is 0.429. The quantitative estimate of drug-likeness (QED) is 0.574. The van der Waals surface area contributed by atoms with Crippen LogP contribution in [-0.4, -0.2) is 15.8 Å². The highest BCUT2D eigenvalue weighted by Crippen LogP contribution is 1.97. The molecule has 0 aromatic carbocycles. The van der Waals surface area contributed by atoms with Crippen molar-refractivity contribution in [2.24, 2.45) is 0 Å². The summed E-state index contributed by atoms with van der Waals surface area (Å²) in [4.78, 5) is 14.0. The Bertz CT molecular complexity index is 217. The maximum absolute atomic E-state index is 10.1. The molecule has 3 nitrogen and oxygen atoms in total. The first-order chi connectivity index (χ1) is 4.88. The summed E-state index contributed by atoms with van der Waals surface area (Å²) in [7, 11) is 0. The first kappa shape index (κ1) is 6.99. The van der Waals surface area contributed by atoms with E-state index < -0.39 is 0 Å². The average molecular weight is 138 g/mol. The lowest BCUT2D eigenvalue weighted by Crippen LogP contribution is -1.98. The molecule has 0 N–H and O–H groups in total. The van der Waals surface area contributed by atoms with Gasteiger partial charge >= 0.3 is 0 Å². The number of imidazole rings is 1. The predicted molar refractivity (Wildman–Crippen MR) is 37.7 cm³/mol. The van der Waals surface area contributed by atoms with E-state index in [1.807, 2.05) is 11.5 Å². The minimum absolute atomic E-state index is 0.466. The molecule has 54 valence electrons. The maximum atomic E-state index is 10.1. The highest BCUT2D eigenvalue weighted by atomic mass is 16.1. The molecule has 1 heterocycles. The second-order valence-electron chi connectivity index (χ2n) is 2.04. The summed E-state index contributed by atoms with van der Waals surface area (Å²) >= 11 is 0. The van der Waals surface area contributed by atoms with Gasteiger partial charge in [-0.2, -0.15) is 0 Å². The topological polar surface area (TPSA) is 34.9 Å². The minimum atomic E-state index is 0.466. The predicted octanol–water partition coefficient (Wildman–Crippen LogP) is 0.644. The van der Waals surface area contributed by atoms with E-state index in [1.54, 1.807) is 12.5 Å². The van der Waals surface area contributed by atoms with Crippen molar-refractivity contribution in [3.8, 4) is 0 Å². The third-order valence-corrected chi connectivity index (χ3v) is 1.43. The molecule has 1 aromatic rings. The van der Waals surface area contributed by atoms with E-state index in [9.17, 15) is 4.79 Å². The number of hydrogen-bond donors (Lipinski definition) is 0. The SMILES string of the molecule is CCn1cncc1CC=O. The van der Waals surface area contributed by atoms with Crippen molar-refractivity contribution in [1.29, 1.82) is 0 Å². The maximum Gasteiger partial charge on any atom is 0.125 e. The molecule has 3 heteroatoms. The largest absolute Gasteiger partial charge is 0.334 e. The van der Waals surface area contributed by atoms with Crippen molar-refractivity contribution in [2.45, 2.75) is 19.9 Å². The Morgan fingerprint density at radius 3 is 3.20 bits per heavy atom. The Labute approximate surface area is 59.7 Å². The summed E-state index contributed by atoms with van der Waals surface area (Å²) in [5, 5.41) is 0. The molecule has 0 fully saturated rings. The fourth-order valence-electron chi connectivity index (χ4n) is 0.888. The molecule has 0 saturated heterocycles. The van der Waals surface area contributed by atoms with Crippen molar-refractivity contribution in [2.75, 3.05) is 0 Å². The van der Waals surface area contributed by atoms with Gasteiger partial charge in [0, 0.05) is 24.9 Å². The van der Waals surface area contributed by atoms with E-state index in [1.165, 1.54) is 0 Å². The van der Waals surface area contributed by atoms with Crippen LogP contribution in [-0.2, 0) is 17.8 Å². The fourth-order valence-corrected chi connectivity index (χ4v) is 0.888. The Morgan fingerprint density at radius 1 is 1.80 bits per heavy atom. The number of aromatic nitrogens is 2. The second-order valence-corrected chi connectivity index (χ2v) is 2.04. The molecule has 0 spiro atoms. The van der Waals surface area contributed by atoms with Gasteiger partial charge in [-0.1, -0.05) is 0 Å². The van der Waals surface area contributed by atoms with Crippen molar-refractivity contribution in [3.63, 3.8) is 0 Å². The molecular weight excluding hydrogens is 128 g/mol. The molecule has 0 radical (unpaired) electrons. The van der Waals surface area contributed by atoms with Crippen molar-refractivity contribution < 1.29 is 4.79 Å². The third-order valence-electron chi connectivity index (χ3n) is 1.43. The molecule has 0 unspecified atom stereocenters. The van der Waals surface area contributed by atoms with E-state index >= 15 is 0 Å². The molecule has 1 aromatic heterocycles. The van der Waals surface area contributed by atoms with Gasteiger partial charge in [0.25, 0.3) is 0 Å². The Kier molecular flexibility index (Phi) is 2.20. The summed E-state index contributed by atoms with van der Waals surface area (Å²) in [6.07, 6.45) is 4.81. The Morgan fingerprint density at radius 2 is 2.60 bits per heavy atom. The number of carbonyl (C=O) groups is 1. The van der Waals surface area contributed by atoms with Gasteiger partial charge in [-0.15, -0.1) is 0 Å². The summed E-state index contributed by atoms with van der Waals surface area (Å²) in [6.45, 7) is 2.90. The summed E-state index contributed by atoms with van der Waals surface area (Å²) in [5.74, 6) is 0. The van der Waals surface area contributed by atoms with E-state index in [-0.39, 0.29) is 0 Å². The first-order valence-electron chi connectivity index (χ1n) is 3.31. The van der Waals surface area contributed by atoms with Crippen LogP contribution in [0.2, 0.25) is 0 Å². The van der Waals surface area contributed by atoms with Crippen LogP contribution in [0.1, 0.15) is 12.6 Å². The number of hydrogen-bond acceptors (Lipinski definition) is 2. The lowest BCUT2D eigenvalue weighted by molar-refractivity contribution is -0.107. The number of aldehydes is 1. The van der Waals surface area contributed by atoms with E-state index in [0.29, 0.717) is 6.42 Å². The minimum Gasteiger partial charge on any atom is -0.334 e. The first-order valence-corrected chi connectivity index (χ1v) is 3.31. The standard InChI is InChI=1S/C7H10N2O/c1-2-9-6-8-5-7(9)3-4-10/h4-6H,2-3H2,1H3. The van der Waals surface area contributed by atoms with Gasteiger partial charge in [0.05, 0.1) is 6.33 Å². The van der Waals surface area contributed by atoms with Crippen molar-refractivity contribution in [1.82, 2.24) is 9.55 Å². The molecular formula is C7H10N2O. The zero-order valence-corrected chi connectivity index (χ0v) is 5.95. The van der Waals surface area contributed by atoms with E-state index in [4.69, 9.17) is 0 Å². The van der Waals surface area contributed by atoms with Crippen LogP contribution in [0.5, 0.6) is 0 Å². The van der Waals surface area contributed by atoms with Gasteiger partial charge in [-0.3, -0.25) is 0 Å². The van der Waals surface area contributed by atoms with Crippen molar-refractivity contribution in [3.05, 3.63) is 18.2 Å². The smallest absolute Gasteiger partial charge is 0.125 e. The Balaban J connectivity index is 2.79. The molecule has 0 bridgehead atoms. The van der Waals surface area contributed by atoms with Crippen LogP contribution < -0.4 is 0 Å². The molecule has 0 atom stereocenters. The zero-order chi connectivity index (χ0) is 7.40. The van der Waals surface area contributed by atoms with Crippen LogP contribution in [0.15, 0.2) is 12.5 Å². The third kappa shape index (κ3) is 1.23. The van der Waals surface area contributed by atoms with Crippen LogP contribution in [0.25, 0.3) is 0 Å². The van der Waals surface area contributed by atoms with Gasteiger partial charge < -0.3 is 9.36 Å². The summed E-state index contributed by atoms with van der Waals surface area (Å²) < 4.78 is 1.95. The lowest BCUT2D eigenvalue weighted by Gasteiger charge is -1.98. The van der Waals surface area contributed by atoms with Crippen LogP contribution >= 0.6 is 0 Å².